The van der Waals surface area contributed by atoms with Gasteiger partial charge in [-0.3, -0.25) is 0 Å². The van der Waals surface area contributed by atoms with Gasteiger partial charge in [0.2, 0.25) is 0 Å². The van der Waals surface area contributed by atoms with Gasteiger partial charge in [0.05, 0.1) is 12.1 Å². The van der Waals surface area contributed by atoms with Gasteiger partial charge in [0.15, 0.2) is 0 Å². The summed E-state index contributed by atoms with van der Waals surface area (Å²) in [7, 11) is 0. The van der Waals surface area contributed by atoms with Gasteiger partial charge >= 0.3 is 12.2 Å². The number of amides is 2. The van der Waals surface area contributed by atoms with Crippen LogP contribution in [-0.4, -0.2) is 35.5 Å². The Morgan fingerprint density at radius 3 is 1.29 bits per heavy atom. The monoisotopic (exact) mass is 466 g/mol. The van der Waals surface area contributed by atoms with E-state index in [0.29, 0.717) is 12.8 Å². The average Bonchev–Trinajstić information content (AvgIpc) is 2.70. The van der Waals surface area contributed by atoms with Crippen LogP contribution in [0.4, 0.5) is 9.59 Å². The quantitative estimate of drug-likeness (QED) is 0.481. The highest BCUT2D eigenvalue weighted by Crippen LogP contribution is 2.12. The first-order valence-electron chi connectivity index (χ1n) is 11.6. The Balaban J connectivity index is 2.21. The van der Waals surface area contributed by atoms with Crippen LogP contribution in [0.1, 0.15) is 52.7 Å². The smallest absolute Gasteiger partial charge is 0.408 e. The van der Waals surface area contributed by atoms with Gasteiger partial charge in [0, 0.05) is 0 Å². The van der Waals surface area contributed by atoms with Crippen molar-refractivity contribution in [2.24, 2.45) is 0 Å². The molecule has 2 aromatic rings. The molecule has 0 radical (unpaired) electrons. The molecular weight excluding hydrogens is 428 g/mol. The summed E-state index contributed by atoms with van der Waals surface area (Å²) in [5.74, 6) is 0. The lowest BCUT2D eigenvalue weighted by atomic mass is 10.0. The van der Waals surface area contributed by atoms with Crippen LogP contribution in [0.25, 0.3) is 0 Å². The van der Waals surface area contributed by atoms with Crippen LogP contribution in [-0.2, 0) is 22.3 Å². The van der Waals surface area contributed by atoms with Gasteiger partial charge in [0.1, 0.15) is 11.2 Å². The molecule has 0 unspecified atom stereocenters. The number of carbonyl (C=O) groups is 2. The summed E-state index contributed by atoms with van der Waals surface area (Å²) in [5.41, 5.74) is 0.958. The molecule has 2 atom stereocenters. The van der Waals surface area contributed by atoms with Gasteiger partial charge in [-0.2, -0.15) is 0 Å². The highest BCUT2D eigenvalue weighted by Gasteiger charge is 2.21. The van der Waals surface area contributed by atoms with E-state index in [9.17, 15) is 9.59 Å². The number of hydrogen-bond donors (Lipinski definition) is 2. The molecule has 0 saturated carbocycles. The van der Waals surface area contributed by atoms with E-state index in [4.69, 9.17) is 9.47 Å². The lowest BCUT2D eigenvalue weighted by Gasteiger charge is -2.24. The van der Waals surface area contributed by atoms with Gasteiger partial charge in [-0.25, -0.2) is 9.59 Å². The third-order valence-corrected chi connectivity index (χ3v) is 4.58. The molecule has 0 aliphatic rings. The highest BCUT2D eigenvalue weighted by molar-refractivity contribution is 5.69. The Morgan fingerprint density at radius 1 is 0.676 bits per heavy atom. The highest BCUT2D eigenvalue weighted by atomic mass is 16.6. The predicted molar refractivity (Wildman–Crippen MR) is 136 cm³/mol. The van der Waals surface area contributed by atoms with E-state index >= 15 is 0 Å². The van der Waals surface area contributed by atoms with Crippen LogP contribution in [0.5, 0.6) is 0 Å². The summed E-state index contributed by atoms with van der Waals surface area (Å²) in [5, 5.41) is 5.88. The fraction of sp³-hybridized carbons (Fsp3) is 0.429. The Morgan fingerprint density at radius 2 is 1.00 bits per heavy atom. The molecule has 34 heavy (non-hydrogen) atoms. The van der Waals surface area contributed by atoms with Gasteiger partial charge in [0.25, 0.3) is 0 Å². The van der Waals surface area contributed by atoms with Crippen molar-refractivity contribution in [3.63, 3.8) is 0 Å². The van der Waals surface area contributed by atoms with Gasteiger partial charge in [-0.15, -0.1) is 0 Å². The first-order valence-corrected chi connectivity index (χ1v) is 11.6. The fourth-order valence-electron chi connectivity index (χ4n) is 3.26. The molecule has 2 N–H and O–H groups in total. The largest absolute Gasteiger partial charge is 0.444 e. The van der Waals surface area contributed by atoms with Gasteiger partial charge in [-0.05, 0) is 65.5 Å². The molecule has 0 saturated heterocycles. The molecular formula is C28H38N2O4. The number of benzene rings is 2. The number of rotatable bonds is 8. The number of carbonyl (C=O) groups excluding carboxylic acids is 2. The summed E-state index contributed by atoms with van der Waals surface area (Å²) in [4.78, 5) is 24.9. The normalized spacial score (nSPS) is 13.7. The number of ether oxygens (including phenoxy) is 2. The van der Waals surface area contributed by atoms with E-state index in [-0.39, 0.29) is 12.1 Å². The lowest BCUT2D eigenvalue weighted by Crippen LogP contribution is -2.41. The van der Waals surface area contributed by atoms with Crippen molar-refractivity contribution in [2.45, 2.75) is 77.7 Å². The second-order valence-electron chi connectivity index (χ2n) is 10.3. The zero-order valence-electron chi connectivity index (χ0n) is 21.1. The van der Waals surface area contributed by atoms with E-state index in [2.05, 4.69) is 10.6 Å². The van der Waals surface area contributed by atoms with E-state index in [1.165, 1.54) is 0 Å². The Bertz CT molecular complexity index is 851. The zero-order valence-corrected chi connectivity index (χ0v) is 21.1. The minimum Gasteiger partial charge on any atom is -0.444 e. The maximum atomic E-state index is 12.5. The summed E-state index contributed by atoms with van der Waals surface area (Å²) in [6, 6.07) is 19.2. The molecule has 6 nitrogen and oxygen atoms in total. The minimum absolute atomic E-state index is 0.323. The van der Waals surface area contributed by atoms with Crippen LogP contribution in [0.3, 0.4) is 0 Å². The third-order valence-electron chi connectivity index (χ3n) is 4.58. The van der Waals surface area contributed by atoms with Gasteiger partial charge in [-0.1, -0.05) is 72.8 Å². The molecule has 184 valence electrons. The summed E-state index contributed by atoms with van der Waals surface area (Å²) in [6.07, 6.45) is 4.00. The first kappa shape index (κ1) is 27.0. The third kappa shape index (κ3) is 11.5. The molecule has 2 aromatic carbocycles. The van der Waals surface area contributed by atoms with Crippen molar-refractivity contribution in [3.05, 3.63) is 83.9 Å². The van der Waals surface area contributed by atoms with E-state index in [1.807, 2.05) is 114 Å². The molecule has 0 aromatic heterocycles. The Hall–Kier alpha value is -3.28. The zero-order chi connectivity index (χ0) is 25.2. The maximum Gasteiger partial charge on any atom is 0.408 e. The van der Waals surface area contributed by atoms with E-state index in [0.717, 1.165) is 11.1 Å². The average molecular weight is 467 g/mol. The number of alkyl carbamates (subject to hydrolysis) is 2. The maximum absolute atomic E-state index is 12.5. The minimum atomic E-state index is -0.598. The second kappa shape index (κ2) is 12.3. The standard InChI is InChI=1S/C28H38N2O4/c1-27(2,3)33-25(31)29-23(19-21-13-9-7-10-14-21)17-18-24(20-22-15-11-8-12-16-22)30-26(32)34-28(4,5)6/h7-18,23-24H,19-20H2,1-6H3,(H,29,31)(H,30,32)/b18-17+/t23-,24+. The molecule has 2 rings (SSSR count). The van der Waals surface area contributed by atoms with Crippen molar-refractivity contribution >= 4 is 12.2 Å². The first-order chi connectivity index (χ1) is 15.9. The Labute approximate surface area is 203 Å². The number of nitrogens with one attached hydrogen (secondary N) is 2. The molecule has 0 heterocycles. The molecule has 6 heteroatoms. The Kier molecular flexibility index (Phi) is 9.72. The van der Waals surface area contributed by atoms with Crippen molar-refractivity contribution < 1.29 is 19.1 Å². The van der Waals surface area contributed by atoms with Crippen molar-refractivity contribution in [1.29, 1.82) is 0 Å². The second-order valence-corrected chi connectivity index (χ2v) is 10.3. The van der Waals surface area contributed by atoms with Crippen molar-refractivity contribution in [1.82, 2.24) is 10.6 Å². The molecule has 2 amide bonds. The molecule has 0 aliphatic heterocycles. The van der Waals surface area contributed by atoms with E-state index < -0.39 is 23.4 Å². The van der Waals surface area contributed by atoms with Crippen LogP contribution in [0.2, 0.25) is 0 Å². The summed E-state index contributed by atoms with van der Waals surface area (Å²) >= 11 is 0. The van der Waals surface area contributed by atoms with Crippen LogP contribution in [0, 0.1) is 0 Å². The summed E-state index contributed by atoms with van der Waals surface area (Å²) < 4.78 is 10.9. The van der Waals surface area contributed by atoms with Crippen LogP contribution < -0.4 is 10.6 Å². The van der Waals surface area contributed by atoms with Gasteiger partial charge < -0.3 is 20.1 Å². The molecule has 0 spiro atoms. The predicted octanol–water partition coefficient (Wildman–Crippen LogP) is 5.81. The summed E-state index contributed by atoms with van der Waals surface area (Å²) in [6.45, 7) is 11.0. The van der Waals surface area contributed by atoms with Crippen LogP contribution in [0.15, 0.2) is 72.8 Å². The molecule has 0 bridgehead atoms. The van der Waals surface area contributed by atoms with Crippen LogP contribution >= 0.6 is 0 Å². The SMILES string of the molecule is CC(C)(C)OC(=O)N[C@H](/C=C/[C@@H](Cc1ccccc1)NC(=O)OC(C)(C)C)Cc1ccccc1. The number of hydrogen-bond acceptors (Lipinski definition) is 4. The lowest BCUT2D eigenvalue weighted by molar-refractivity contribution is 0.0499. The molecule has 0 fully saturated rings. The fourth-order valence-corrected chi connectivity index (χ4v) is 3.26. The molecule has 0 aliphatic carbocycles. The van der Waals surface area contributed by atoms with Crippen molar-refractivity contribution in [2.75, 3.05) is 0 Å². The van der Waals surface area contributed by atoms with E-state index in [1.54, 1.807) is 0 Å². The van der Waals surface area contributed by atoms with Crippen molar-refractivity contribution in [3.8, 4) is 0 Å². The topological polar surface area (TPSA) is 76.7 Å².